The summed E-state index contributed by atoms with van der Waals surface area (Å²) in [6, 6.07) is 51.2. The summed E-state index contributed by atoms with van der Waals surface area (Å²) in [7, 11) is 0. The molecule has 0 fully saturated rings. The van der Waals surface area contributed by atoms with Crippen molar-refractivity contribution >= 4 is 38.8 Å². The molecule has 1 aliphatic carbocycles. The first-order chi connectivity index (χ1) is 23.4. The molecule has 0 unspecified atom stereocenters. The lowest BCUT2D eigenvalue weighted by atomic mass is 9.87. The number of fused-ring (bicyclic) bond motifs is 4. The van der Waals surface area contributed by atoms with Gasteiger partial charge in [0.05, 0.1) is 11.4 Å². The normalized spacial score (nSPS) is 14.3. The maximum atomic E-state index is 5.15. The molecule has 6 aromatic carbocycles. The average molecular weight is 618 g/mol. The molecule has 0 bridgehead atoms. The Morgan fingerprint density at radius 2 is 1.25 bits per heavy atom. The van der Waals surface area contributed by atoms with Gasteiger partial charge in [-0.05, 0) is 69.4 Å². The molecule has 1 aromatic heterocycles. The van der Waals surface area contributed by atoms with Gasteiger partial charge in [0.2, 0.25) is 0 Å². The molecule has 0 atom stereocenters. The predicted octanol–water partition coefficient (Wildman–Crippen LogP) is 11.3. The van der Waals surface area contributed by atoms with Gasteiger partial charge in [0.1, 0.15) is 0 Å². The van der Waals surface area contributed by atoms with E-state index >= 15 is 0 Å². The Kier molecular flexibility index (Phi) is 7.38. The van der Waals surface area contributed by atoms with Crippen molar-refractivity contribution in [2.24, 2.45) is 9.98 Å². The Bertz CT molecular complexity index is 2400. The molecule has 1 heterocycles. The number of allylic oxidation sites excluding steroid dienone is 1. The van der Waals surface area contributed by atoms with Gasteiger partial charge in [0, 0.05) is 39.6 Å². The Hall–Kier alpha value is -5.93. The van der Waals surface area contributed by atoms with Crippen molar-refractivity contribution in [1.82, 2.24) is 4.98 Å². The third kappa shape index (κ3) is 5.44. The van der Waals surface area contributed by atoms with Crippen LogP contribution in [0.15, 0.2) is 168 Å². The molecule has 0 spiro atoms. The molecular weight excluding hydrogens is 583 g/mol. The van der Waals surface area contributed by atoms with Crippen LogP contribution in [0.1, 0.15) is 43.0 Å². The average Bonchev–Trinajstić information content (AvgIpc) is 3.40. The number of pyridine rings is 1. The first-order valence-electron chi connectivity index (χ1n) is 16.4. The smallest absolute Gasteiger partial charge is 0.160 e. The molecular formula is C45H35N3. The number of benzene rings is 6. The van der Waals surface area contributed by atoms with Crippen molar-refractivity contribution in [3.63, 3.8) is 0 Å². The number of nitrogens with zero attached hydrogens (tertiary/aromatic N) is 3. The van der Waals surface area contributed by atoms with Crippen LogP contribution in [-0.4, -0.2) is 16.5 Å². The van der Waals surface area contributed by atoms with Gasteiger partial charge >= 0.3 is 0 Å². The van der Waals surface area contributed by atoms with Crippen LogP contribution in [0.3, 0.4) is 0 Å². The fraction of sp³-hybridized carbons (Fsp3) is 0.0889. The maximum absolute atomic E-state index is 5.15. The molecule has 0 radical (unpaired) electrons. The SMILES string of the molecule is CC(=NC(=NC1=CC(C)(C)c2ccccc21)c1ccccc1)c1ccc(-c2ccc(-c3cc4ccccc4c4ccccc34)cc2)nc1. The number of amidine groups is 1. The van der Waals surface area contributed by atoms with Crippen LogP contribution in [0.5, 0.6) is 0 Å². The summed E-state index contributed by atoms with van der Waals surface area (Å²) >= 11 is 0. The standard InChI is InChI=1S/C45H35N3/c1-30(47-44(33-13-5-4-6-14-33)48-43-28-45(2,3)41-20-12-11-19-39(41)43)35-25-26-42(46-29-35)32-23-21-31(22-24-32)40-27-34-15-7-8-16-36(34)37-17-9-10-18-38(37)40/h4-29H,1-3H3. The summed E-state index contributed by atoms with van der Waals surface area (Å²) in [5.41, 5.74) is 10.5. The third-order valence-electron chi connectivity index (χ3n) is 9.37. The highest BCUT2D eigenvalue weighted by Gasteiger charge is 2.29. The first kappa shape index (κ1) is 29.5. The highest BCUT2D eigenvalue weighted by Crippen LogP contribution is 2.41. The number of aliphatic imine (C=N–C) groups is 2. The van der Waals surface area contributed by atoms with E-state index in [-0.39, 0.29) is 5.41 Å². The van der Waals surface area contributed by atoms with Crippen molar-refractivity contribution in [1.29, 1.82) is 0 Å². The Morgan fingerprint density at radius 1 is 0.583 bits per heavy atom. The molecule has 48 heavy (non-hydrogen) atoms. The van der Waals surface area contributed by atoms with Gasteiger partial charge in [-0.1, -0.05) is 141 Å². The summed E-state index contributed by atoms with van der Waals surface area (Å²) in [5.74, 6) is 0.688. The molecule has 0 N–H and O–H groups in total. The van der Waals surface area contributed by atoms with E-state index in [4.69, 9.17) is 15.0 Å². The lowest BCUT2D eigenvalue weighted by Gasteiger charge is -2.16. The second-order valence-corrected chi connectivity index (χ2v) is 13.0. The van der Waals surface area contributed by atoms with Crippen LogP contribution in [0, 0.1) is 0 Å². The van der Waals surface area contributed by atoms with E-state index in [1.807, 2.05) is 31.3 Å². The lowest BCUT2D eigenvalue weighted by molar-refractivity contribution is 0.683. The van der Waals surface area contributed by atoms with Crippen LogP contribution < -0.4 is 0 Å². The van der Waals surface area contributed by atoms with E-state index in [0.29, 0.717) is 5.84 Å². The second kappa shape index (κ2) is 12.0. The van der Waals surface area contributed by atoms with Gasteiger partial charge in [0.15, 0.2) is 5.84 Å². The molecule has 0 aliphatic heterocycles. The van der Waals surface area contributed by atoms with E-state index in [0.717, 1.165) is 39.4 Å². The van der Waals surface area contributed by atoms with Crippen molar-refractivity contribution < 1.29 is 0 Å². The monoisotopic (exact) mass is 617 g/mol. The Balaban J connectivity index is 1.10. The largest absolute Gasteiger partial charge is 0.256 e. The van der Waals surface area contributed by atoms with Crippen molar-refractivity contribution in [2.45, 2.75) is 26.2 Å². The maximum Gasteiger partial charge on any atom is 0.160 e. The number of hydrogen-bond acceptors (Lipinski definition) is 2. The molecule has 230 valence electrons. The molecule has 7 aromatic rings. The van der Waals surface area contributed by atoms with Crippen LogP contribution in [0.2, 0.25) is 0 Å². The summed E-state index contributed by atoms with van der Waals surface area (Å²) in [6.45, 7) is 6.49. The van der Waals surface area contributed by atoms with Crippen molar-refractivity contribution in [2.75, 3.05) is 0 Å². The highest BCUT2D eigenvalue weighted by atomic mass is 14.9. The van der Waals surface area contributed by atoms with Crippen LogP contribution in [-0.2, 0) is 5.41 Å². The Morgan fingerprint density at radius 3 is 2.02 bits per heavy atom. The van der Waals surface area contributed by atoms with Gasteiger partial charge in [-0.15, -0.1) is 0 Å². The molecule has 0 amide bonds. The first-order valence-corrected chi connectivity index (χ1v) is 16.4. The molecule has 3 heteroatoms. The zero-order valence-corrected chi connectivity index (χ0v) is 27.4. The lowest BCUT2D eigenvalue weighted by Crippen LogP contribution is -2.10. The minimum atomic E-state index is -0.0861. The second-order valence-electron chi connectivity index (χ2n) is 13.0. The minimum Gasteiger partial charge on any atom is -0.256 e. The highest BCUT2D eigenvalue weighted by molar-refractivity contribution is 6.14. The van der Waals surface area contributed by atoms with E-state index in [1.54, 1.807) is 0 Å². The van der Waals surface area contributed by atoms with Crippen molar-refractivity contribution in [3.05, 3.63) is 180 Å². The van der Waals surface area contributed by atoms with Crippen LogP contribution in [0.4, 0.5) is 0 Å². The van der Waals surface area contributed by atoms with Crippen LogP contribution >= 0.6 is 0 Å². The fourth-order valence-corrected chi connectivity index (χ4v) is 6.83. The van der Waals surface area contributed by atoms with E-state index in [2.05, 4.69) is 147 Å². The van der Waals surface area contributed by atoms with Gasteiger partial charge in [-0.3, -0.25) is 4.98 Å². The van der Waals surface area contributed by atoms with Gasteiger partial charge in [-0.2, -0.15) is 0 Å². The zero-order valence-electron chi connectivity index (χ0n) is 27.4. The predicted molar refractivity (Wildman–Crippen MR) is 203 cm³/mol. The third-order valence-corrected chi connectivity index (χ3v) is 9.37. The fourth-order valence-electron chi connectivity index (χ4n) is 6.83. The molecule has 0 saturated heterocycles. The summed E-state index contributed by atoms with van der Waals surface area (Å²) in [4.78, 5) is 15.1. The van der Waals surface area contributed by atoms with E-state index in [9.17, 15) is 0 Å². The minimum absolute atomic E-state index is 0.0861. The van der Waals surface area contributed by atoms with Gasteiger partial charge in [0.25, 0.3) is 0 Å². The summed E-state index contributed by atoms with van der Waals surface area (Å²) in [5, 5.41) is 5.07. The molecule has 8 rings (SSSR count). The van der Waals surface area contributed by atoms with E-state index in [1.165, 1.54) is 38.2 Å². The zero-order chi connectivity index (χ0) is 32.7. The summed E-state index contributed by atoms with van der Waals surface area (Å²) < 4.78 is 0. The van der Waals surface area contributed by atoms with Crippen molar-refractivity contribution in [3.8, 4) is 22.4 Å². The quantitative estimate of drug-likeness (QED) is 0.108. The molecule has 3 nitrogen and oxygen atoms in total. The van der Waals surface area contributed by atoms with Gasteiger partial charge < -0.3 is 0 Å². The molecule has 0 saturated carbocycles. The van der Waals surface area contributed by atoms with E-state index < -0.39 is 0 Å². The number of aromatic nitrogens is 1. The van der Waals surface area contributed by atoms with Gasteiger partial charge in [-0.25, -0.2) is 9.98 Å². The topological polar surface area (TPSA) is 37.6 Å². The molecule has 1 aliphatic rings. The van der Waals surface area contributed by atoms with Crippen LogP contribution in [0.25, 0.3) is 49.6 Å². The number of rotatable bonds is 5. The summed E-state index contributed by atoms with van der Waals surface area (Å²) in [6.07, 6.45) is 4.16. The Labute approximate surface area is 281 Å². The number of hydrogen-bond donors (Lipinski definition) is 0.